The summed E-state index contributed by atoms with van der Waals surface area (Å²) in [7, 11) is 3.14. The second-order valence-electron chi connectivity index (χ2n) is 3.04. The van der Waals surface area contributed by atoms with Crippen molar-refractivity contribution in [3.63, 3.8) is 0 Å². The molecule has 0 heterocycles. The second-order valence-corrected chi connectivity index (χ2v) is 3.89. The van der Waals surface area contributed by atoms with E-state index in [1.807, 2.05) is 0 Å². The molecule has 0 aliphatic heterocycles. The van der Waals surface area contributed by atoms with Gasteiger partial charge >= 0.3 is 0 Å². The Morgan fingerprint density at radius 2 is 1.88 bits per heavy atom. The van der Waals surface area contributed by atoms with E-state index in [1.165, 1.54) is 0 Å². The van der Waals surface area contributed by atoms with Gasteiger partial charge < -0.3 is 20.9 Å². The molecule has 0 unspecified atom stereocenters. The maximum Gasteiger partial charge on any atom is 0.256 e. The Balaban J connectivity index is 3.09. The van der Waals surface area contributed by atoms with Crippen molar-refractivity contribution in [3.05, 3.63) is 22.2 Å². The summed E-state index contributed by atoms with van der Waals surface area (Å²) in [6.07, 6.45) is 1.63. The van der Waals surface area contributed by atoms with Gasteiger partial charge in [0.2, 0.25) is 6.21 Å². The molecule has 0 saturated carbocycles. The highest BCUT2D eigenvalue weighted by Crippen LogP contribution is 2.32. The highest BCUT2D eigenvalue weighted by atomic mass is 79.9. The summed E-state index contributed by atoms with van der Waals surface area (Å²) in [5.41, 5.74) is 11.2. The van der Waals surface area contributed by atoms with Crippen molar-refractivity contribution in [1.82, 2.24) is 0 Å². The van der Waals surface area contributed by atoms with Crippen molar-refractivity contribution in [1.29, 1.82) is 0 Å². The first-order valence-corrected chi connectivity index (χ1v) is 5.46. The molecule has 0 fully saturated rings. The summed E-state index contributed by atoms with van der Waals surface area (Å²) in [6, 6.07) is 3.58. The minimum absolute atomic E-state index is 0.0437. The standard InChI is InChI=1S/C10H13BrN4O2/c1-16-8-3-6(5-14-15-10(12)13)7(11)4-9(8)17-2/h3-5H,1-2H3,(H4,12,13,15)/p+1/b14-5+. The number of halogens is 1. The molecule has 7 heteroatoms. The predicted octanol–water partition coefficient (Wildman–Crippen LogP) is -0.846. The minimum atomic E-state index is -0.0437. The van der Waals surface area contributed by atoms with Crippen molar-refractivity contribution >= 4 is 28.1 Å². The number of guanidine groups is 1. The van der Waals surface area contributed by atoms with Crippen LogP contribution in [0.1, 0.15) is 5.56 Å². The molecule has 0 aliphatic carbocycles. The van der Waals surface area contributed by atoms with Gasteiger partial charge in [-0.05, 0) is 28.1 Å². The highest BCUT2D eigenvalue weighted by molar-refractivity contribution is 9.10. The van der Waals surface area contributed by atoms with Crippen LogP contribution >= 0.6 is 15.9 Å². The smallest absolute Gasteiger partial charge is 0.256 e. The van der Waals surface area contributed by atoms with E-state index in [0.717, 1.165) is 10.0 Å². The topological polar surface area (TPSA) is 96.8 Å². The fourth-order valence-corrected chi connectivity index (χ4v) is 1.59. The number of hydrogen-bond donors (Lipinski definition) is 3. The summed E-state index contributed by atoms with van der Waals surface area (Å²) in [5, 5.41) is 6.25. The molecule has 0 atom stereocenters. The molecule has 0 spiro atoms. The van der Waals surface area contributed by atoms with Gasteiger partial charge in [-0.2, -0.15) is 0 Å². The van der Waals surface area contributed by atoms with Gasteiger partial charge in [0, 0.05) is 9.57 Å². The lowest BCUT2D eigenvalue weighted by molar-refractivity contribution is -0.456. The molecule has 0 aromatic heterocycles. The summed E-state index contributed by atoms with van der Waals surface area (Å²) in [5.74, 6) is 1.21. The Labute approximate surface area is 107 Å². The highest BCUT2D eigenvalue weighted by Gasteiger charge is 2.09. The van der Waals surface area contributed by atoms with E-state index < -0.39 is 0 Å². The summed E-state index contributed by atoms with van der Waals surface area (Å²) < 4.78 is 11.2. The quantitative estimate of drug-likeness (QED) is 0.383. The van der Waals surface area contributed by atoms with Crippen LogP contribution in [0.15, 0.2) is 21.7 Å². The third-order valence-electron chi connectivity index (χ3n) is 1.92. The minimum Gasteiger partial charge on any atom is -0.493 e. The Bertz CT molecular complexity index is 456. The average Bonchev–Trinajstić information content (AvgIpc) is 2.30. The van der Waals surface area contributed by atoms with Gasteiger partial charge in [0.05, 0.1) is 19.8 Å². The van der Waals surface area contributed by atoms with Crippen LogP contribution < -0.4 is 26.0 Å². The van der Waals surface area contributed by atoms with Crippen molar-refractivity contribution in [3.8, 4) is 11.5 Å². The van der Waals surface area contributed by atoms with Gasteiger partial charge in [0.1, 0.15) is 0 Å². The molecule has 1 rings (SSSR count). The van der Waals surface area contributed by atoms with Crippen LogP contribution in [-0.4, -0.2) is 26.4 Å². The Hall–Kier alpha value is -1.76. The van der Waals surface area contributed by atoms with Crippen LogP contribution in [0.2, 0.25) is 0 Å². The molecule has 6 nitrogen and oxygen atoms in total. The summed E-state index contributed by atoms with van der Waals surface area (Å²) in [4.78, 5) is 0. The molecule has 0 amide bonds. The number of methoxy groups -OCH3 is 2. The third kappa shape index (κ3) is 3.63. The number of ether oxygens (including phenoxy) is 2. The van der Waals surface area contributed by atoms with Crippen LogP contribution in [0, 0.1) is 0 Å². The first kappa shape index (κ1) is 13.3. The maximum atomic E-state index is 5.19. The maximum absolute atomic E-state index is 5.19. The first-order chi connectivity index (χ1) is 8.08. The molecule has 1 aromatic carbocycles. The van der Waals surface area contributed by atoms with Crippen molar-refractivity contribution in [2.45, 2.75) is 0 Å². The van der Waals surface area contributed by atoms with Crippen LogP contribution in [0.5, 0.6) is 11.5 Å². The molecule has 0 aliphatic rings. The Morgan fingerprint density at radius 3 is 2.41 bits per heavy atom. The molecule has 17 heavy (non-hydrogen) atoms. The summed E-state index contributed by atoms with van der Waals surface area (Å²) >= 11 is 3.40. The lowest BCUT2D eigenvalue weighted by Crippen LogP contribution is -2.63. The van der Waals surface area contributed by atoms with Gasteiger partial charge in [-0.3, -0.25) is 0 Å². The fraction of sp³-hybridized carbons (Fsp3) is 0.200. The normalized spacial score (nSPS) is 10.3. The number of rotatable bonds is 4. The van der Waals surface area contributed by atoms with E-state index in [4.69, 9.17) is 20.9 Å². The summed E-state index contributed by atoms with van der Waals surface area (Å²) in [6.45, 7) is 0. The predicted molar refractivity (Wildman–Crippen MR) is 69.2 cm³/mol. The van der Waals surface area contributed by atoms with E-state index in [1.54, 1.807) is 32.6 Å². The average molecular weight is 302 g/mol. The van der Waals surface area contributed by atoms with E-state index >= 15 is 0 Å². The molecular weight excluding hydrogens is 288 g/mol. The van der Waals surface area contributed by atoms with Crippen molar-refractivity contribution in [2.24, 2.45) is 16.6 Å². The third-order valence-corrected chi connectivity index (χ3v) is 2.60. The SMILES string of the molecule is COc1cc(Br)c(/C=[NH+]/N=C(N)N)cc1OC. The zero-order valence-electron chi connectivity index (χ0n) is 9.53. The lowest BCUT2D eigenvalue weighted by atomic mass is 10.2. The van der Waals surface area contributed by atoms with E-state index in [9.17, 15) is 0 Å². The molecule has 5 N–H and O–H groups in total. The van der Waals surface area contributed by atoms with Crippen LogP contribution in [0.3, 0.4) is 0 Å². The van der Waals surface area contributed by atoms with Crippen LogP contribution in [0.25, 0.3) is 0 Å². The zero-order chi connectivity index (χ0) is 12.8. The lowest BCUT2D eigenvalue weighted by Gasteiger charge is -2.08. The fourth-order valence-electron chi connectivity index (χ4n) is 1.16. The molecular formula is C10H14BrN4O2+. The number of nitrogens with zero attached hydrogens (tertiary/aromatic N) is 1. The van der Waals surface area contributed by atoms with Gasteiger partial charge in [-0.25, -0.2) is 0 Å². The Morgan fingerprint density at radius 1 is 1.29 bits per heavy atom. The van der Waals surface area contributed by atoms with Gasteiger partial charge in [0.15, 0.2) is 11.5 Å². The van der Waals surface area contributed by atoms with Crippen molar-refractivity contribution in [2.75, 3.05) is 14.2 Å². The second kappa shape index (κ2) is 6.09. The van der Waals surface area contributed by atoms with Crippen LogP contribution in [-0.2, 0) is 0 Å². The molecule has 0 bridgehead atoms. The Kier molecular flexibility index (Phi) is 4.77. The van der Waals surface area contributed by atoms with Gasteiger partial charge in [0.25, 0.3) is 5.96 Å². The number of nitrogens with two attached hydrogens (primary N) is 2. The number of hydrogen-bond acceptors (Lipinski definition) is 3. The molecule has 0 saturated heterocycles. The largest absolute Gasteiger partial charge is 0.493 e. The van der Waals surface area contributed by atoms with Crippen LogP contribution in [0.4, 0.5) is 0 Å². The number of benzene rings is 1. The number of hydrazone groups is 1. The zero-order valence-corrected chi connectivity index (χ0v) is 11.1. The molecule has 0 radical (unpaired) electrons. The van der Waals surface area contributed by atoms with Gasteiger partial charge in [-0.15, -0.1) is 5.10 Å². The monoisotopic (exact) mass is 301 g/mol. The molecule has 1 aromatic rings. The molecule has 92 valence electrons. The van der Waals surface area contributed by atoms with E-state index in [-0.39, 0.29) is 5.96 Å². The van der Waals surface area contributed by atoms with E-state index in [2.05, 4.69) is 26.1 Å². The van der Waals surface area contributed by atoms with Gasteiger partial charge in [-0.1, -0.05) is 0 Å². The number of nitrogens with one attached hydrogen (secondary N) is 1. The van der Waals surface area contributed by atoms with Crippen molar-refractivity contribution < 1.29 is 14.6 Å². The first-order valence-electron chi connectivity index (χ1n) is 4.67. The van der Waals surface area contributed by atoms with E-state index in [0.29, 0.717) is 11.5 Å².